The Morgan fingerprint density at radius 2 is 1.44 bits per heavy atom. The molecule has 3 aromatic rings. The van der Waals surface area contributed by atoms with E-state index in [1.54, 1.807) is 6.07 Å². The zero-order valence-corrected chi connectivity index (χ0v) is 16.8. The number of nitro benzene ring substituents is 1. The van der Waals surface area contributed by atoms with Gasteiger partial charge in [0.15, 0.2) is 0 Å². The van der Waals surface area contributed by atoms with Gasteiger partial charge < -0.3 is 5.11 Å². The summed E-state index contributed by atoms with van der Waals surface area (Å²) >= 11 is 0. The van der Waals surface area contributed by atoms with Crippen LogP contribution in [-0.2, 0) is 15.0 Å². The first kappa shape index (κ1) is 18.9. The molecular formula is C25H18N2O5. The standard InChI is InChI=1S/C25H18N2O5/c28-13-25-16-9-3-1-7-14(16)20(15-8-2-4-10-17(15)25)21-22(25)24(30)26(23(21)29)18-11-5-6-12-19(18)27(31)32/h1-12,20-22,28H,13H2/t20?,21-,22-,25?/m1/s1. The third-order valence-corrected chi connectivity index (χ3v) is 7.36. The van der Waals surface area contributed by atoms with Crippen molar-refractivity contribution in [3.05, 3.63) is 105 Å². The lowest BCUT2D eigenvalue weighted by molar-refractivity contribution is -0.384. The summed E-state index contributed by atoms with van der Waals surface area (Å²) in [4.78, 5) is 39.7. The van der Waals surface area contributed by atoms with E-state index in [9.17, 15) is 24.8 Å². The van der Waals surface area contributed by atoms with E-state index in [0.29, 0.717) is 0 Å². The van der Waals surface area contributed by atoms with Crippen molar-refractivity contribution in [2.45, 2.75) is 11.3 Å². The molecule has 32 heavy (non-hydrogen) atoms. The van der Waals surface area contributed by atoms with Crippen LogP contribution >= 0.6 is 0 Å². The number of rotatable bonds is 3. The Hall–Kier alpha value is -3.84. The maximum absolute atomic E-state index is 13.9. The Balaban J connectivity index is 1.64. The zero-order valence-electron chi connectivity index (χ0n) is 16.8. The van der Waals surface area contributed by atoms with Crippen molar-refractivity contribution in [3.63, 3.8) is 0 Å². The highest BCUT2D eigenvalue weighted by Crippen LogP contribution is 2.64. The third-order valence-electron chi connectivity index (χ3n) is 7.36. The summed E-state index contributed by atoms with van der Waals surface area (Å²) in [7, 11) is 0. The van der Waals surface area contributed by atoms with Gasteiger partial charge in [-0.05, 0) is 28.3 Å². The molecule has 4 aliphatic rings. The van der Waals surface area contributed by atoms with Crippen molar-refractivity contribution in [2.75, 3.05) is 11.5 Å². The lowest BCUT2D eigenvalue weighted by Crippen LogP contribution is -2.55. The number of carbonyl (C=O) groups is 2. The lowest BCUT2D eigenvalue weighted by Gasteiger charge is -2.53. The molecule has 0 radical (unpaired) electrons. The molecule has 7 heteroatoms. The number of benzene rings is 3. The van der Waals surface area contributed by atoms with Gasteiger partial charge >= 0.3 is 0 Å². The van der Waals surface area contributed by atoms with Gasteiger partial charge in [0.1, 0.15) is 5.69 Å². The predicted molar refractivity (Wildman–Crippen MR) is 115 cm³/mol. The van der Waals surface area contributed by atoms with Gasteiger partial charge in [0.05, 0.1) is 28.8 Å². The maximum Gasteiger partial charge on any atom is 0.293 e. The molecule has 1 aliphatic heterocycles. The number of carbonyl (C=O) groups excluding carboxylic acids is 2. The van der Waals surface area contributed by atoms with Crippen LogP contribution in [-0.4, -0.2) is 28.5 Å². The predicted octanol–water partition coefficient (Wildman–Crippen LogP) is 3.14. The smallest absolute Gasteiger partial charge is 0.293 e. The number of hydrogen-bond donors (Lipinski definition) is 1. The lowest BCUT2D eigenvalue weighted by atomic mass is 9.47. The molecule has 2 bridgehead atoms. The van der Waals surface area contributed by atoms with Gasteiger partial charge in [0.2, 0.25) is 11.8 Å². The minimum Gasteiger partial charge on any atom is -0.395 e. The molecule has 1 fully saturated rings. The van der Waals surface area contributed by atoms with Crippen molar-refractivity contribution in [2.24, 2.45) is 11.8 Å². The normalized spacial score (nSPS) is 27.2. The number of hydrogen-bond acceptors (Lipinski definition) is 5. The van der Waals surface area contributed by atoms with Gasteiger partial charge in [-0.15, -0.1) is 0 Å². The van der Waals surface area contributed by atoms with Crippen LogP contribution < -0.4 is 4.90 Å². The van der Waals surface area contributed by atoms with Crippen LogP contribution in [0.3, 0.4) is 0 Å². The molecule has 7 rings (SSSR count). The van der Waals surface area contributed by atoms with E-state index in [4.69, 9.17) is 0 Å². The molecule has 7 nitrogen and oxygen atoms in total. The number of aliphatic hydroxyl groups excluding tert-OH is 1. The summed E-state index contributed by atoms with van der Waals surface area (Å²) in [5, 5.41) is 22.5. The van der Waals surface area contributed by atoms with Crippen LogP contribution in [0.2, 0.25) is 0 Å². The van der Waals surface area contributed by atoms with Crippen molar-refractivity contribution < 1.29 is 19.6 Å². The van der Waals surface area contributed by atoms with Crippen molar-refractivity contribution in [1.82, 2.24) is 0 Å². The largest absolute Gasteiger partial charge is 0.395 e. The fourth-order valence-electron chi connectivity index (χ4n) is 6.24. The first-order valence-corrected chi connectivity index (χ1v) is 10.4. The van der Waals surface area contributed by atoms with E-state index in [1.807, 2.05) is 48.5 Å². The molecule has 158 valence electrons. The fourth-order valence-corrected chi connectivity index (χ4v) is 6.24. The molecule has 3 aromatic carbocycles. The highest BCUT2D eigenvalue weighted by Gasteiger charge is 2.68. The van der Waals surface area contributed by atoms with Gasteiger partial charge in [0.25, 0.3) is 5.69 Å². The molecule has 0 aromatic heterocycles. The topological polar surface area (TPSA) is 101 Å². The van der Waals surface area contributed by atoms with E-state index in [-0.39, 0.29) is 23.9 Å². The molecular weight excluding hydrogens is 408 g/mol. The maximum atomic E-state index is 13.9. The van der Waals surface area contributed by atoms with Crippen LogP contribution in [0.5, 0.6) is 0 Å². The van der Waals surface area contributed by atoms with Gasteiger partial charge in [0, 0.05) is 12.0 Å². The molecule has 3 aliphatic carbocycles. The van der Waals surface area contributed by atoms with Gasteiger partial charge in [-0.25, -0.2) is 4.90 Å². The fraction of sp³-hybridized carbons (Fsp3) is 0.200. The number of imide groups is 1. The van der Waals surface area contributed by atoms with Crippen molar-refractivity contribution in [1.29, 1.82) is 0 Å². The number of aliphatic hydroxyl groups is 1. The Bertz CT molecular complexity index is 1290. The summed E-state index contributed by atoms with van der Waals surface area (Å²) in [6.45, 7) is -0.349. The van der Waals surface area contributed by atoms with Crippen LogP contribution in [0, 0.1) is 22.0 Å². The van der Waals surface area contributed by atoms with Crippen molar-refractivity contribution >= 4 is 23.2 Å². The number of amides is 2. The molecule has 0 spiro atoms. The molecule has 2 amide bonds. The highest BCUT2D eigenvalue weighted by molar-refractivity contribution is 6.24. The molecule has 2 atom stereocenters. The SMILES string of the molecule is O=C1[C@@H]2C3c4ccccc4C(CO)(c4ccccc43)[C@H]2C(=O)N1c1ccccc1[N+](=O)[O-]. The summed E-state index contributed by atoms with van der Waals surface area (Å²) in [5.41, 5.74) is 2.13. The first-order valence-electron chi connectivity index (χ1n) is 10.4. The minimum absolute atomic E-state index is 0.0255. The van der Waals surface area contributed by atoms with E-state index < -0.39 is 34.0 Å². The van der Waals surface area contributed by atoms with Crippen LogP contribution in [0.1, 0.15) is 28.2 Å². The first-order chi connectivity index (χ1) is 15.5. The highest BCUT2D eigenvalue weighted by atomic mass is 16.6. The Kier molecular flexibility index (Phi) is 3.74. The average molecular weight is 426 g/mol. The second-order valence-electron chi connectivity index (χ2n) is 8.54. The molecule has 1 heterocycles. The van der Waals surface area contributed by atoms with Gasteiger partial charge in [-0.2, -0.15) is 0 Å². The molecule has 1 N–H and O–H groups in total. The third kappa shape index (κ3) is 2.04. The molecule has 0 saturated carbocycles. The molecule has 0 unspecified atom stereocenters. The van der Waals surface area contributed by atoms with E-state index >= 15 is 0 Å². The van der Waals surface area contributed by atoms with Gasteiger partial charge in [-0.1, -0.05) is 60.7 Å². The zero-order chi connectivity index (χ0) is 22.2. The van der Waals surface area contributed by atoms with Gasteiger partial charge in [-0.3, -0.25) is 19.7 Å². The number of nitrogens with zero attached hydrogens (tertiary/aromatic N) is 2. The summed E-state index contributed by atoms with van der Waals surface area (Å²) in [6, 6.07) is 21.0. The second kappa shape index (κ2) is 6.34. The van der Waals surface area contributed by atoms with Crippen LogP contribution in [0.15, 0.2) is 72.8 Å². The summed E-state index contributed by atoms with van der Waals surface area (Å²) in [5.74, 6) is -2.89. The second-order valence-corrected chi connectivity index (χ2v) is 8.54. The Morgan fingerprint density at radius 1 is 0.875 bits per heavy atom. The van der Waals surface area contributed by atoms with E-state index in [2.05, 4.69) is 0 Å². The van der Waals surface area contributed by atoms with E-state index in [1.165, 1.54) is 18.2 Å². The quantitative estimate of drug-likeness (QED) is 0.394. The Labute approximate surface area is 183 Å². The number of nitro groups is 1. The van der Waals surface area contributed by atoms with E-state index in [0.717, 1.165) is 27.2 Å². The summed E-state index contributed by atoms with van der Waals surface area (Å²) in [6.07, 6.45) is 0. The van der Waals surface area contributed by atoms with Crippen LogP contribution in [0.25, 0.3) is 0 Å². The van der Waals surface area contributed by atoms with Crippen LogP contribution in [0.4, 0.5) is 11.4 Å². The average Bonchev–Trinajstić information content (AvgIpc) is 3.09. The Morgan fingerprint density at radius 3 is 2.03 bits per heavy atom. The monoisotopic (exact) mass is 426 g/mol. The number of anilines is 1. The summed E-state index contributed by atoms with van der Waals surface area (Å²) < 4.78 is 0. The molecule has 1 saturated heterocycles. The number of para-hydroxylation sites is 2. The van der Waals surface area contributed by atoms with Crippen molar-refractivity contribution in [3.8, 4) is 0 Å². The minimum atomic E-state index is -1.09.